The molecule has 0 atom stereocenters. The first-order valence-electron chi connectivity index (χ1n) is 7.37. The molecule has 0 spiro atoms. The summed E-state index contributed by atoms with van der Waals surface area (Å²) in [5.41, 5.74) is 2.01. The second-order valence-electron chi connectivity index (χ2n) is 6.41. The molecule has 0 amide bonds. The molecule has 0 unspecified atom stereocenters. The van der Waals surface area contributed by atoms with E-state index in [1.54, 1.807) is 10.9 Å². The maximum absolute atomic E-state index is 4.55. The summed E-state index contributed by atoms with van der Waals surface area (Å²) in [7, 11) is 4.03. The van der Waals surface area contributed by atoms with E-state index >= 15 is 0 Å². The fourth-order valence-electron chi connectivity index (χ4n) is 2.52. The predicted octanol–water partition coefficient (Wildman–Crippen LogP) is 1.70. The smallest absolute Gasteiger partial charge is 0.129 e. The van der Waals surface area contributed by atoms with E-state index in [1.807, 2.05) is 31.6 Å². The van der Waals surface area contributed by atoms with Crippen molar-refractivity contribution in [2.45, 2.75) is 19.4 Å². The van der Waals surface area contributed by atoms with Crippen molar-refractivity contribution in [1.29, 1.82) is 0 Å². The number of rotatable bonds is 1. The van der Waals surface area contributed by atoms with Crippen molar-refractivity contribution in [3.63, 3.8) is 0 Å². The Labute approximate surface area is 131 Å². The van der Waals surface area contributed by atoms with Gasteiger partial charge in [0.15, 0.2) is 0 Å². The normalized spacial score (nSPS) is 17.4. The molecule has 3 heterocycles. The lowest BCUT2D eigenvalue weighted by atomic mass is 10.1. The molecular weight excluding hydrogens is 274 g/mol. The highest BCUT2D eigenvalue weighted by atomic mass is 15.4. The minimum absolute atomic E-state index is 0.181. The third-order valence-electron chi connectivity index (χ3n) is 4.12. The summed E-state index contributed by atoms with van der Waals surface area (Å²) in [6, 6.07) is 4.07. The van der Waals surface area contributed by atoms with Crippen LogP contribution in [0.3, 0.4) is 0 Å². The van der Waals surface area contributed by atoms with Gasteiger partial charge in [0.25, 0.3) is 0 Å². The lowest BCUT2D eigenvalue weighted by molar-refractivity contribution is 0.229. The lowest BCUT2D eigenvalue weighted by Crippen LogP contribution is -2.36. The molecule has 1 fully saturated rings. The zero-order valence-electron chi connectivity index (χ0n) is 13.5. The van der Waals surface area contributed by atoms with Crippen LogP contribution in [-0.2, 0) is 7.05 Å². The third kappa shape index (κ3) is 2.97. The van der Waals surface area contributed by atoms with E-state index in [9.17, 15) is 0 Å². The average molecular weight is 295 g/mol. The van der Waals surface area contributed by atoms with Gasteiger partial charge in [-0.2, -0.15) is 5.10 Å². The van der Waals surface area contributed by atoms with Gasteiger partial charge in [0.1, 0.15) is 5.82 Å². The highest BCUT2D eigenvalue weighted by molar-refractivity contribution is 5.46. The van der Waals surface area contributed by atoms with Crippen molar-refractivity contribution in [3.05, 3.63) is 41.9 Å². The summed E-state index contributed by atoms with van der Waals surface area (Å²) in [5, 5.41) is 4.10. The topological polar surface area (TPSA) is 37.2 Å². The summed E-state index contributed by atoms with van der Waals surface area (Å²) >= 11 is 0. The summed E-state index contributed by atoms with van der Waals surface area (Å²) in [6.45, 7) is 6.39. The zero-order chi connectivity index (χ0) is 15.7. The van der Waals surface area contributed by atoms with E-state index in [2.05, 4.69) is 52.6 Å². The molecule has 0 radical (unpaired) electrons. The van der Waals surface area contributed by atoms with E-state index in [1.165, 1.54) is 0 Å². The van der Waals surface area contributed by atoms with Gasteiger partial charge in [0, 0.05) is 37.1 Å². The van der Waals surface area contributed by atoms with Gasteiger partial charge in [-0.3, -0.25) is 9.58 Å². The minimum Gasteiger partial charge on any atom is -0.342 e. The first-order valence-corrected chi connectivity index (χ1v) is 7.37. The number of likely N-dealkylation sites (N-methyl/N-ethyl adjacent to an activating group) is 1. The molecule has 0 aliphatic carbocycles. The number of aryl methyl sites for hydroxylation is 1. The van der Waals surface area contributed by atoms with Gasteiger partial charge in [0.05, 0.1) is 18.4 Å². The van der Waals surface area contributed by atoms with Crippen LogP contribution < -0.4 is 4.90 Å². The molecule has 114 valence electrons. The van der Waals surface area contributed by atoms with Crippen molar-refractivity contribution >= 4 is 5.82 Å². The SMILES string of the molecule is CN1CN(c2ccc(C#Cc3cnn(C)c3)cn2)CC1(C)C. The largest absolute Gasteiger partial charge is 0.342 e. The molecule has 0 N–H and O–H groups in total. The van der Waals surface area contributed by atoms with Crippen LogP contribution in [0.5, 0.6) is 0 Å². The molecule has 5 heteroatoms. The van der Waals surface area contributed by atoms with Gasteiger partial charge in [-0.15, -0.1) is 0 Å². The molecule has 2 aromatic rings. The maximum Gasteiger partial charge on any atom is 0.129 e. The highest BCUT2D eigenvalue weighted by Crippen LogP contribution is 2.25. The average Bonchev–Trinajstić information content (AvgIpc) is 3.01. The molecule has 2 aromatic heterocycles. The van der Waals surface area contributed by atoms with E-state index in [-0.39, 0.29) is 5.54 Å². The molecule has 5 nitrogen and oxygen atoms in total. The number of nitrogens with zero attached hydrogens (tertiary/aromatic N) is 5. The van der Waals surface area contributed by atoms with Crippen LogP contribution >= 0.6 is 0 Å². The number of pyridine rings is 1. The molecule has 22 heavy (non-hydrogen) atoms. The lowest BCUT2D eigenvalue weighted by Gasteiger charge is -2.24. The Kier molecular flexibility index (Phi) is 3.63. The van der Waals surface area contributed by atoms with Crippen LogP contribution in [0.25, 0.3) is 0 Å². The van der Waals surface area contributed by atoms with Crippen LogP contribution in [0, 0.1) is 11.8 Å². The fourth-order valence-corrected chi connectivity index (χ4v) is 2.52. The Morgan fingerprint density at radius 1 is 1.09 bits per heavy atom. The van der Waals surface area contributed by atoms with Crippen LogP contribution in [0.1, 0.15) is 25.0 Å². The molecular formula is C17H21N5. The summed E-state index contributed by atoms with van der Waals surface area (Å²) < 4.78 is 1.75. The maximum atomic E-state index is 4.55. The van der Waals surface area contributed by atoms with Crippen LogP contribution in [0.2, 0.25) is 0 Å². The van der Waals surface area contributed by atoms with Crippen molar-refractivity contribution in [2.75, 3.05) is 25.2 Å². The number of hydrogen-bond donors (Lipinski definition) is 0. The van der Waals surface area contributed by atoms with Crippen LogP contribution in [-0.4, -0.2) is 45.5 Å². The van der Waals surface area contributed by atoms with Crippen LogP contribution in [0.15, 0.2) is 30.7 Å². The Balaban J connectivity index is 1.73. The number of hydrogen-bond acceptors (Lipinski definition) is 4. The number of aromatic nitrogens is 3. The van der Waals surface area contributed by atoms with Crippen molar-refractivity contribution < 1.29 is 0 Å². The van der Waals surface area contributed by atoms with Gasteiger partial charge in [0.2, 0.25) is 0 Å². The first-order chi connectivity index (χ1) is 10.4. The van der Waals surface area contributed by atoms with Crippen molar-refractivity contribution in [1.82, 2.24) is 19.7 Å². The molecule has 3 rings (SSSR count). The van der Waals surface area contributed by atoms with Crippen molar-refractivity contribution in [2.24, 2.45) is 7.05 Å². The molecule has 1 aliphatic rings. The Hall–Kier alpha value is -2.32. The molecule has 1 saturated heterocycles. The first kappa shape index (κ1) is 14.6. The van der Waals surface area contributed by atoms with Crippen molar-refractivity contribution in [3.8, 4) is 11.8 Å². The Morgan fingerprint density at radius 3 is 2.41 bits per heavy atom. The molecule has 1 aliphatic heterocycles. The predicted molar refractivity (Wildman–Crippen MR) is 87.5 cm³/mol. The van der Waals surface area contributed by atoms with E-state index in [0.29, 0.717) is 0 Å². The molecule has 0 saturated carbocycles. The zero-order valence-corrected chi connectivity index (χ0v) is 13.5. The van der Waals surface area contributed by atoms with E-state index < -0.39 is 0 Å². The quantitative estimate of drug-likeness (QED) is 0.751. The monoisotopic (exact) mass is 295 g/mol. The standard InChI is InChI=1S/C17H21N5/c1-17(2)12-22(13-20(17)3)16-8-7-14(9-18-16)5-6-15-10-19-21(4)11-15/h7-11H,12-13H2,1-4H3. The fraction of sp³-hybridized carbons (Fsp3) is 0.412. The second-order valence-corrected chi connectivity index (χ2v) is 6.41. The third-order valence-corrected chi connectivity index (χ3v) is 4.12. The van der Waals surface area contributed by atoms with Gasteiger partial charge < -0.3 is 4.90 Å². The highest BCUT2D eigenvalue weighted by Gasteiger charge is 2.34. The minimum atomic E-state index is 0.181. The van der Waals surface area contributed by atoms with Gasteiger partial charge in [-0.1, -0.05) is 11.8 Å². The Bertz CT molecular complexity index is 717. The summed E-state index contributed by atoms with van der Waals surface area (Å²) in [4.78, 5) is 9.18. The summed E-state index contributed by atoms with van der Waals surface area (Å²) in [6.07, 6.45) is 5.50. The second kappa shape index (κ2) is 5.47. The van der Waals surface area contributed by atoms with E-state index in [4.69, 9.17) is 0 Å². The van der Waals surface area contributed by atoms with Gasteiger partial charge in [-0.05, 0) is 33.0 Å². The Morgan fingerprint density at radius 2 is 1.86 bits per heavy atom. The van der Waals surface area contributed by atoms with Crippen LogP contribution in [0.4, 0.5) is 5.82 Å². The van der Waals surface area contributed by atoms with Gasteiger partial charge in [-0.25, -0.2) is 4.98 Å². The molecule has 0 aromatic carbocycles. The van der Waals surface area contributed by atoms with E-state index in [0.717, 1.165) is 30.2 Å². The number of anilines is 1. The van der Waals surface area contributed by atoms with Gasteiger partial charge >= 0.3 is 0 Å². The summed E-state index contributed by atoms with van der Waals surface area (Å²) in [5.74, 6) is 7.22. The molecule has 0 bridgehead atoms.